The van der Waals surface area contributed by atoms with Crippen molar-refractivity contribution in [3.05, 3.63) is 0 Å². The Morgan fingerprint density at radius 3 is 2.36 bits per heavy atom. The van der Waals surface area contributed by atoms with Gasteiger partial charge in [0, 0.05) is 0 Å². The first-order chi connectivity index (χ1) is 11.5. The SMILES string of the molecule is N#CC1(NC(=O)C(CS(=O)(=O)CC2CC2)NCC(F)(F)C(F)F)CC1. The predicted molar refractivity (Wildman–Crippen MR) is 79.8 cm³/mol. The van der Waals surface area contributed by atoms with Crippen LogP contribution in [0, 0.1) is 17.2 Å². The van der Waals surface area contributed by atoms with Crippen LogP contribution in [0.15, 0.2) is 0 Å². The van der Waals surface area contributed by atoms with Gasteiger partial charge in [0.1, 0.15) is 11.6 Å². The van der Waals surface area contributed by atoms with Crippen LogP contribution in [0.2, 0.25) is 0 Å². The smallest absolute Gasteiger partial charge is 0.319 e. The zero-order valence-corrected chi connectivity index (χ0v) is 14.1. The average Bonchev–Trinajstić information content (AvgIpc) is 3.41. The highest BCUT2D eigenvalue weighted by Gasteiger charge is 2.47. The third-order valence-electron chi connectivity index (χ3n) is 4.15. The second kappa shape index (κ2) is 7.07. The first-order valence-corrected chi connectivity index (χ1v) is 9.64. The molecule has 2 saturated carbocycles. The highest BCUT2D eigenvalue weighted by molar-refractivity contribution is 7.91. The second-order valence-corrected chi connectivity index (χ2v) is 8.85. The summed E-state index contributed by atoms with van der Waals surface area (Å²) < 4.78 is 74.9. The van der Waals surface area contributed by atoms with Gasteiger partial charge in [-0.1, -0.05) is 0 Å². The maximum Gasteiger partial charge on any atom is 0.319 e. The van der Waals surface area contributed by atoms with Gasteiger partial charge in [0.25, 0.3) is 0 Å². The molecule has 0 aromatic rings. The van der Waals surface area contributed by atoms with E-state index in [1.54, 1.807) is 0 Å². The molecule has 142 valence electrons. The predicted octanol–water partition coefficient (Wildman–Crippen LogP) is 0.842. The Labute approximate surface area is 142 Å². The number of nitrogens with one attached hydrogen (secondary N) is 2. The van der Waals surface area contributed by atoms with E-state index in [1.807, 2.05) is 11.4 Å². The molecule has 0 saturated heterocycles. The highest BCUT2D eigenvalue weighted by atomic mass is 32.2. The van der Waals surface area contributed by atoms with E-state index in [0.29, 0.717) is 12.8 Å². The van der Waals surface area contributed by atoms with Crippen molar-refractivity contribution in [2.45, 2.75) is 49.6 Å². The second-order valence-electron chi connectivity index (χ2n) is 6.70. The number of carbonyl (C=O) groups excluding carboxylic acids is 1. The van der Waals surface area contributed by atoms with Gasteiger partial charge in [-0.2, -0.15) is 14.0 Å². The molecule has 0 aromatic carbocycles. The first kappa shape index (κ1) is 19.9. The number of nitriles is 1. The lowest BCUT2D eigenvalue weighted by molar-refractivity contribution is -0.131. The van der Waals surface area contributed by atoms with Gasteiger partial charge in [0.15, 0.2) is 9.84 Å². The number of alkyl halides is 4. The molecule has 0 aliphatic heterocycles. The van der Waals surface area contributed by atoms with Crippen LogP contribution in [-0.4, -0.2) is 56.3 Å². The summed E-state index contributed by atoms with van der Waals surface area (Å²) in [5.41, 5.74) is -1.12. The third kappa shape index (κ3) is 5.81. The molecule has 2 aliphatic rings. The molecule has 2 N–H and O–H groups in total. The van der Waals surface area contributed by atoms with Gasteiger partial charge in [0.05, 0.1) is 24.1 Å². The monoisotopic (exact) mass is 385 g/mol. The van der Waals surface area contributed by atoms with Gasteiger partial charge in [-0.25, -0.2) is 17.2 Å². The fourth-order valence-corrected chi connectivity index (χ4v) is 4.21. The number of hydrogen-bond acceptors (Lipinski definition) is 5. The van der Waals surface area contributed by atoms with Crippen LogP contribution in [0.25, 0.3) is 0 Å². The molecule has 2 aliphatic carbocycles. The van der Waals surface area contributed by atoms with Gasteiger partial charge < -0.3 is 5.32 Å². The Morgan fingerprint density at radius 2 is 1.92 bits per heavy atom. The Bertz CT molecular complexity index is 655. The van der Waals surface area contributed by atoms with E-state index in [0.717, 1.165) is 12.8 Å². The maximum absolute atomic E-state index is 13.1. The summed E-state index contributed by atoms with van der Waals surface area (Å²) in [6.45, 7) is -1.54. The van der Waals surface area contributed by atoms with Crippen LogP contribution < -0.4 is 10.6 Å². The van der Waals surface area contributed by atoms with Crippen molar-refractivity contribution in [1.82, 2.24) is 10.6 Å². The first-order valence-electron chi connectivity index (χ1n) is 7.82. The number of carbonyl (C=O) groups is 1. The van der Waals surface area contributed by atoms with E-state index in [-0.39, 0.29) is 11.7 Å². The molecular weight excluding hydrogens is 366 g/mol. The quantitative estimate of drug-likeness (QED) is 0.543. The molecule has 0 bridgehead atoms. The molecule has 0 radical (unpaired) electrons. The van der Waals surface area contributed by atoms with Crippen LogP contribution in [0.5, 0.6) is 0 Å². The molecule has 0 heterocycles. The van der Waals surface area contributed by atoms with Crippen molar-refractivity contribution in [2.24, 2.45) is 5.92 Å². The minimum atomic E-state index is -4.40. The normalized spacial score (nSPS) is 20.8. The summed E-state index contributed by atoms with van der Waals surface area (Å²) in [6, 6.07) is 0.231. The van der Waals surface area contributed by atoms with Crippen LogP contribution in [0.3, 0.4) is 0 Å². The molecule has 2 fully saturated rings. The van der Waals surface area contributed by atoms with Gasteiger partial charge in [0.2, 0.25) is 5.91 Å². The van der Waals surface area contributed by atoms with Gasteiger partial charge >= 0.3 is 12.3 Å². The summed E-state index contributed by atoms with van der Waals surface area (Å²) in [7, 11) is -3.73. The number of rotatable bonds is 10. The van der Waals surface area contributed by atoms with Gasteiger partial charge in [-0.05, 0) is 31.6 Å². The van der Waals surface area contributed by atoms with E-state index in [4.69, 9.17) is 5.26 Å². The van der Waals surface area contributed by atoms with Crippen LogP contribution in [0.4, 0.5) is 17.6 Å². The molecule has 25 heavy (non-hydrogen) atoms. The van der Waals surface area contributed by atoms with E-state index in [9.17, 15) is 30.8 Å². The summed E-state index contributed by atoms with van der Waals surface area (Å²) in [6.07, 6.45) is -1.73. The molecule has 0 aromatic heterocycles. The molecule has 2 rings (SSSR count). The molecule has 1 amide bonds. The Morgan fingerprint density at radius 1 is 1.32 bits per heavy atom. The Kier molecular flexibility index (Phi) is 5.63. The minimum absolute atomic E-state index is 0.00917. The fraction of sp³-hybridized carbons (Fsp3) is 0.857. The fourth-order valence-electron chi connectivity index (χ4n) is 2.24. The number of hydrogen-bond donors (Lipinski definition) is 2. The molecular formula is C14H19F4N3O3S. The number of halogens is 4. The van der Waals surface area contributed by atoms with Crippen molar-refractivity contribution in [2.75, 3.05) is 18.1 Å². The Hall–Kier alpha value is -1.41. The van der Waals surface area contributed by atoms with Crippen molar-refractivity contribution in [1.29, 1.82) is 5.26 Å². The van der Waals surface area contributed by atoms with Crippen molar-refractivity contribution in [3.63, 3.8) is 0 Å². The summed E-state index contributed by atoms with van der Waals surface area (Å²) in [5.74, 6) is -6.32. The lowest BCUT2D eigenvalue weighted by atomic mass is 10.2. The van der Waals surface area contributed by atoms with Crippen LogP contribution >= 0.6 is 0 Å². The van der Waals surface area contributed by atoms with Gasteiger partial charge in [-0.3, -0.25) is 10.1 Å². The summed E-state index contributed by atoms with van der Waals surface area (Å²) in [5, 5.41) is 13.2. The third-order valence-corrected chi connectivity index (χ3v) is 5.97. The lowest BCUT2D eigenvalue weighted by Crippen LogP contribution is -2.54. The molecule has 11 heteroatoms. The standard InChI is InChI=1S/C14H19F4N3O3S/c15-12(16)14(17,18)8-20-10(6-25(23,24)5-9-1-2-9)11(22)21-13(7-19)3-4-13/h9-10,12,20H,1-6,8H2,(H,21,22). The average molecular weight is 385 g/mol. The Balaban J connectivity index is 2.04. The zero-order valence-electron chi connectivity index (χ0n) is 13.3. The molecule has 0 spiro atoms. The van der Waals surface area contributed by atoms with E-state index >= 15 is 0 Å². The van der Waals surface area contributed by atoms with E-state index in [1.165, 1.54) is 0 Å². The molecule has 1 unspecified atom stereocenters. The maximum atomic E-state index is 13.1. The van der Waals surface area contributed by atoms with E-state index < -0.39 is 52.0 Å². The largest absolute Gasteiger partial charge is 0.336 e. The lowest BCUT2D eigenvalue weighted by Gasteiger charge is -2.23. The van der Waals surface area contributed by atoms with Crippen LogP contribution in [-0.2, 0) is 14.6 Å². The van der Waals surface area contributed by atoms with Crippen molar-refractivity contribution < 1.29 is 30.8 Å². The zero-order chi connectivity index (χ0) is 18.9. The van der Waals surface area contributed by atoms with Crippen molar-refractivity contribution in [3.8, 4) is 6.07 Å². The summed E-state index contributed by atoms with van der Waals surface area (Å²) in [4.78, 5) is 12.2. The van der Waals surface area contributed by atoms with Crippen molar-refractivity contribution >= 4 is 15.7 Å². The molecule has 1 atom stereocenters. The molecule has 6 nitrogen and oxygen atoms in total. The summed E-state index contributed by atoms with van der Waals surface area (Å²) >= 11 is 0. The van der Waals surface area contributed by atoms with Crippen LogP contribution in [0.1, 0.15) is 25.7 Å². The van der Waals surface area contributed by atoms with E-state index in [2.05, 4.69) is 5.32 Å². The topological polar surface area (TPSA) is 99.1 Å². The number of amides is 1. The minimum Gasteiger partial charge on any atom is -0.336 e. The van der Waals surface area contributed by atoms with Gasteiger partial charge in [-0.15, -0.1) is 0 Å². The number of sulfone groups is 1. The number of nitrogens with zero attached hydrogens (tertiary/aromatic N) is 1. The highest BCUT2D eigenvalue weighted by Crippen LogP contribution is 2.34.